The Bertz CT molecular complexity index is 544. The van der Waals surface area contributed by atoms with E-state index in [1.54, 1.807) is 0 Å². The van der Waals surface area contributed by atoms with Crippen LogP contribution in [-0.4, -0.2) is 48.3 Å². The molecule has 0 aliphatic heterocycles. The molecule has 8 heteroatoms. The number of rotatable bonds is 18. The van der Waals surface area contributed by atoms with Crippen LogP contribution in [0.4, 0.5) is 0 Å². The fourth-order valence-corrected chi connectivity index (χ4v) is 3.07. The second-order valence-electron chi connectivity index (χ2n) is 9.98. The summed E-state index contributed by atoms with van der Waals surface area (Å²) in [7, 11) is 0. The smallest absolute Gasteiger partial charge is 0.306 e. The zero-order valence-electron chi connectivity index (χ0n) is 24.1. The van der Waals surface area contributed by atoms with Crippen molar-refractivity contribution in [2.24, 2.45) is 0 Å². The standard InChI is InChI=1S/C16H30O4.C12H22O4/c1-13(2)19-15(17)11-9-7-5-6-8-10-12-16(18)20-14(3)4;1-9(2)15-11(13)7-5-6-8-12(14)16-10(3)4/h13-14H,5-12H2,1-4H3;9-10H,5-8H2,1-4H3. The summed E-state index contributed by atoms with van der Waals surface area (Å²) in [4.78, 5) is 44.8. The third kappa shape index (κ3) is 29.9. The number of carbonyl (C=O) groups is 4. The number of esters is 4. The largest absolute Gasteiger partial charge is 0.463 e. The number of hydrogen-bond acceptors (Lipinski definition) is 8. The predicted octanol–water partition coefficient (Wildman–Crippen LogP) is 6.46. The van der Waals surface area contributed by atoms with Crippen LogP contribution in [0.15, 0.2) is 0 Å². The van der Waals surface area contributed by atoms with Gasteiger partial charge in [0.05, 0.1) is 24.4 Å². The van der Waals surface area contributed by atoms with Gasteiger partial charge in [-0.2, -0.15) is 0 Å². The van der Waals surface area contributed by atoms with E-state index in [0.29, 0.717) is 38.5 Å². The third-order valence-corrected chi connectivity index (χ3v) is 4.49. The predicted molar refractivity (Wildman–Crippen MR) is 140 cm³/mol. The summed E-state index contributed by atoms with van der Waals surface area (Å²) in [6.45, 7) is 14.7. The average molecular weight is 517 g/mol. The molecule has 0 saturated carbocycles. The van der Waals surface area contributed by atoms with E-state index in [1.807, 2.05) is 55.4 Å². The van der Waals surface area contributed by atoms with E-state index < -0.39 is 0 Å². The summed E-state index contributed by atoms with van der Waals surface area (Å²) >= 11 is 0. The maximum atomic E-state index is 11.3. The van der Waals surface area contributed by atoms with E-state index in [9.17, 15) is 19.2 Å². The Morgan fingerprint density at radius 3 is 0.722 bits per heavy atom. The molecule has 0 aliphatic carbocycles. The van der Waals surface area contributed by atoms with E-state index in [1.165, 1.54) is 0 Å². The molecule has 0 radical (unpaired) electrons. The van der Waals surface area contributed by atoms with Crippen LogP contribution in [0.2, 0.25) is 0 Å². The van der Waals surface area contributed by atoms with Gasteiger partial charge in [0.1, 0.15) is 0 Å². The highest BCUT2D eigenvalue weighted by Gasteiger charge is 2.08. The Hall–Kier alpha value is -2.12. The van der Waals surface area contributed by atoms with E-state index in [0.717, 1.165) is 38.5 Å². The van der Waals surface area contributed by atoms with Gasteiger partial charge in [0.2, 0.25) is 0 Å². The molecule has 0 saturated heterocycles. The van der Waals surface area contributed by atoms with Crippen LogP contribution in [0.25, 0.3) is 0 Å². The normalized spacial score (nSPS) is 10.8. The molecule has 0 N–H and O–H groups in total. The minimum atomic E-state index is -0.202. The van der Waals surface area contributed by atoms with Crippen LogP contribution < -0.4 is 0 Å². The lowest BCUT2D eigenvalue weighted by molar-refractivity contribution is -0.149. The molecular weight excluding hydrogens is 464 g/mol. The monoisotopic (exact) mass is 516 g/mol. The Morgan fingerprint density at radius 1 is 0.361 bits per heavy atom. The maximum Gasteiger partial charge on any atom is 0.306 e. The van der Waals surface area contributed by atoms with E-state index in [2.05, 4.69) is 0 Å². The van der Waals surface area contributed by atoms with Gasteiger partial charge in [-0.25, -0.2) is 0 Å². The molecule has 0 aromatic carbocycles. The molecular formula is C28H52O8. The van der Waals surface area contributed by atoms with Crippen molar-refractivity contribution >= 4 is 23.9 Å². The van der Waals surface area contributed by atoms with Crippen LogP contribution >= 0.6 is 0 Å². The Labute approximate surface area is 219 Å². The highest BCUT2D eigenvalue weighted by molar-refractivity contribution is 5.71. The molecule has 0 atom stereocenters. The van der Waals surface area contributed by atoms with Crippen molar-refractivity contribution in [2.75, 3.05) is 0 Å². The topological polar surface area (TPSA) is 105 Å². The summed E-state index contributed by atoms with van der Waals surface area (Å²) in [6.07, 6.45) is 8.99. The molecule has 0 aromatic rings. The van der Waals surface area contributed by atoms with Gasteiger partial charge >= 0.3 is 23.9 Å². The number of unbranched alkanes of at least 4 members (excludes halogenated alkanes) is 6. The minimum absolute atomic E-state index is 0.0203. The van der Waals surface area contributed by atoms with Gasteiger partial charge in [0.15, 0.2) is 0 Å². The molecule has 36 heavy (non-hydrogen) atoms. The molecule has 0 unspecified atom stereocenters. The highest BCUT2D eigenvalue weighted by atomic mass is 16.6. The summed E-state index contributed by atoms with van der Waals surface area (Å²) < 4.78 is 20.1. The van der Waals surface area contributed by atoms with Crippen molar-refractivity contribution < 1.29 is 38.1 Å². The summed E-state index contributed by atoms with van der Waals surface area (Å²) in [5, 5.41) is 0. The summed E-state index contributed by atoms with van der Waals surface area (Å²) in [5.74, 6) is -0.604. The van der Waals surface area contributed by atoms with E-state index >= 15 is 0 Å². The van der Waals surface area contributed by atoms with Crippen LogP contribution in [-0.2, 0) is 38.1 Å². The Balaban J connectivity index is 0. The van der Waals surface area contributed by atoms with Crippen LogP contribution in [0.1, 0.15) is 132 Å². The van der Waals surface area contributed by atoms with Gasteiger partial charge < -0.3 is 18.9 Å². The van der Waals surface area contributed by atoms with E-state index in [4.69, 9.17) is 18.9 Å². The number of hydrogen-bond donors (Lipinski definition) is 0. The molecule has 0 heterocycles. The van der Waals surface area contributed by atoms with Crippen LogP contribution in [0.5, 0.6) is 0 Å². The quantitative estimate of drug-likeness (QED) is 0.116. The summed E-state index contributed by atoms with van der Waals surface area (Å²) in [6, 6.07) is 0. The second kappa shape index (κ2) is 23.3. The van der Waals surface area contributed by atoms with Crippen molar-refractivity contribution in [1.29, 1.82) is 0 Å². The Morgan fingerprint density at radius 2 is 0.528 bits per heavy atom. The first-order valence-electron chi connectivity index (χ1n) is 13.6. The lowest BCUT2D eigenvalue weighted by Crippen LogP contribution is -2.12. The third-order valence-electron chi connectivity index (χ3n) is 4.49. The molecule has 0 rings (SSSR count). The Kier molecular flexibility index (Phi) is 23.3. The van der Waals surface area contributed by atoms with Gasteiger partial charge in [0.25, 0.3) is 0 Å². The molecule has 0 spiro atoms. The first-order valence-corrected chi connectivity index (χ1v) is 13.6. The molecule has 0 aromatic heterocycles. The highest BCUT2D eigenvalue weighted by Crippen LogP contribution is 2.10. The zero-order valence-corrected chi connectivity index (χ0v) is 24.1. The molecule has 8 nitrogen and oxygen atoms in total. The lowest BCUT2D eigenvalue weighted by atomic mass is 10.1. The summed E-state index contributed by atoms with van der Waals surface area (Å²) in [5.41, 5.74) is 0. The van der Waals surface area contributed by atoms with Gasteiger partial charge in [-0.05, 0) is 81.1 Å². The molecule has 0 aliphatic rings. The first-order chi connectivity index (χ1) is 16.8. The van der Waals surface area contributed by atoms with Crippen molar-refractivity contribution in [3.8, 4) is 0 Å². The van der Waals surface area contributed by atoms with Crippen molar-refractivity contribution in [3.63, 3.8) is 0 Å². The van der Waals surface area contributed by atoms with Gasteiger partial charge in [-0.1, -0.05) is 25.7 Å². The molecule has 212 valence electrons. The number of carbonyl (C=O) groups excluding carboxylic acids is 4. The van der Waals surface area contributed by atoms with Gasteiger partial charge in [-0.3, -0.25) is 19.2 Å². The lowest BCUT2D eigenvalue weighted by Gasteiger charge is -2.08. The average Bonchev–Trinajstić information content (AvgIpc) is 2.71. The molecule has 0 fully saturated rings. The first kappa shape index (κ1) is 36.0. The SMILES string of the molecule is CC(C)OC(=O)CCCCC(=O)OC(C)C.CC(C)OC(=O)CCCCCCCCC(=O)OC(C)C. The number of ether oxygens (including phenoxy) is 4. The van der Waals surface area contributed by atoms with Crippen molar-refractivity contribution in [3.05, 3.63) is 0 Å². The van der Waals surface area contributed by atoms with E-state index in [-0.39, 0.29) is 48.3 Å². The molecule has 0 bridgehead atoms. The van der Waals surface area contributed by atoms with Gasteiger partial charge in [0, 0.05) is 25.7 Å². The molecule has 0 amide bonds. The minimum Gasteiger partial charge on any atom is -0.463 e. The maximum absolute atomic E-state index is 11.3. The van der Waals surface area contributed by atoms with Crippen molar-refractivity contribution in [1.82, 2.24) is 0 Å². The van der Waals surface area contributed by atoms with Crippen LogP contribution in [0.3, 0.4) is 0 Å². The fraction of sp³-hybridized carbons (Fsp3) is 0.857. The van der Waals surface area contributed by atoms with Crippen molar-refractivity contribution in [2.45, 2.75) is 157 Å². The fourth-order valence-electron chi connectivity index (χ4n) is 3.07. The second-order valence-corrected chi connectivity index (χ2v) is 9.98. The van der Waals surface area contributed by atoms with Gasteiger partial charge in [-0.15, -0.1) is 0 Å². The zero-order chi connectivity index (χ0) is 27.9. The van der Waals surface area contributed by atoms with Crippen LogP contribution in [0, 0.1) is 0 Å².